The minimum atomic E-state index is -3.76. The number of nitrogens with zero attached hydrogens (tertiary/aromatic N) is 2. The first-order valence-electron chi connectivity index (χ1n) is 5.31. The van der Waals surface area contributed by atoms with Crippen LogP contribution in [-0.2, 0) is 14.8 Å². The molecule has 0 saturated heterocycles. The second-order valence-corrected chi connectivity index (χ2v) is 5.32. The summed E-state index contributed by atoms with van der Waals surface area (Å²) in [5.74, 6) is -0.968. The number of nitrogens with two attached hydrogens (primary N) is 1. The number of sulfonamides is 1. The van der Waals surface area contributed by atoms with Crippen LogP contribution in [-0.4, -0.2) is 32.6 Å². The van der Waals surface area contributed by atoms with E-state index in [1.54, 1.807) is 4.90 Å². The number of benzene rings is 1. The highest BCUT2D eigenvalue weighted by molar-refractivity contribution is 7.89. The van der Waals surface area contributed by atoms with Crippen molar-refractivity contribution in [2.24, 2.45) is 5.14 Å². The highest BCUT2D eigenvalue weighted by Gasteiger charge is 2.11. The van der Waals surface area contributed by atoms with Gasteiger partial charge >= 0.3 is 5.97 Å². The third-order valence-electron chi connectivity index (χ3n) is 2.39. The summed E-state index contributed by atoms with van der Waals surface area (Å²) in [4.78, 5) is 12.0. The fourth-order valence-electron chi connectivity index (χ4n) is 1.46. The average Bonchev–Trinajstić information content (AvgIpc) is 2.33. The number of hydrogen-bond donors (Lipinski definition) is 2. The zero-order valence-corrected chi connectivity index (χ0v) is 10.8. The lowest BCUT2D eigenvalue weighted by molar-refractivity contribution is -0.136. The van der Waals surface area contributed by atoms with Crippen molar-refractivity contribution in [3.8, 4) is 6.07 Å². The molecule has 0 amide bonds. The van der Waals surface area contributed by atoms with E-state index < -0.39 is 16.0 Å². The number of carboxylic acids is 1. The zero-order valence-electron chi connectivity index (χ0n) is 9.98. The van der Waals surface area contributed by atoms with Crippen LogP contribution in [0.1, 0.15) is 6.42 Å². The van der Waals surface area contributed by atoms with Gasteiger partial charge in [-0.05, 0) is 24.3 Å². The number of carbonyl (C=O) groups is 1. The molecule has 0 bridgehead atoms. The van der Waals surface area contributed by atoms with Crippen LogP contribution < -0.4 is 10.0 Å². The van der Waals surface area contributed by atoms with Crippen molar-refractivity contribution in [2.75, 3.05) is 18.0 Å². The normalized spacial score (nSPS) is 10.7. The van der Waals surface area contributed by atoms with Crippen molar-refractivity contribution in [3.05, 3.63) is 24.3 Å². The van der Waals surface area contributed by atoms with Crippen LogP contribution in [0.5, 0.6) is 0 Å². The monoisotopic (exact) mass is 283 g/mol. The zero-order chi connectivity index (χ0) is 14.5. The smallest absolute Gasteiger partial charge is 0.305 e. The largest absolute Gasteiger partial charge is 0.481 e. The maximum absolute atomic E-state index is 11.1. The third-order valence-corrected chi connectivity index (χ3v) is 3.32. The summed E-state index contributed by atoms with van der Waals surface area (Å²) in [5.41, 5.74) is 0.565. The predicted octanol–water partition coefficient (Wildman–Crippen LogP) is 0.139. The summed E-state index contributed by atoms with van der Waals surface area (Å²) in [6.07, 6.45) is -0.112. The van der Waals surface area contributed by atoms with Gasteiger partial charge < -0.3 is 10.0 Å². The molecule has 0 aliphatic rings. The van der Waals surface area contributed by atoms with Gasteiger partial charge in [0.1, 0.15) is 6.54 Å². The maximum atomic E-state index is 11.1. The molecule has 3 N–H and O–H groups in total. The highest BCUT2D eigenvalue weighted by Crippen LogP contribution is 2.17. The third kappa shape index (κ3) is 4.57. The van der Waals surface area contributed by atoms with E-state index in [1.165, 1.54) is 24.3 Å². The van der Waals surface area contributed by atoms with Crippen molar-refractivity contribution in [1.29, 1.82) is 5.26 Å². The number of aliphatic carboxylic acids is 1. The van der Waals surface area contributed by atoms with E-state index in [1.807, 2.05) is 6.07 Å². The SMILES string of the molecule is N#CCN(CCC(=O)O)c1ccc(S(N)(=O)=O)cc1. The number of hydrogen-bond acceptors (Lipinski definition) is 5. The number of rotatable bonds is 6. The van der Waals surface area contributed by atoms with Crippen LogP contribution in [0, 0.1) is 11.3 Å². The number of anilines is 1. The van der Waals surface area contributed by atoms with Crippen molar-refractivity contribution in [3.63, 3.8) is 0 Å². The lowest BCUT2D eigenvalue weighted by atomic mass is 10.2. The number of carboxylic acid groups (broad SMARTS) is 1. The molecular weight excluding hydrogens is 270 g/mol. The lowest BCUT2D eigenvalue weighted by Crippen LogP contribution is -2.26. The van der Waals surface area contributed by atoms with Gasteiger partial charge in [-0.3, -0.25) is 4.79 Å². The Hall–Kier alpha value is -2.11. The van der Waals surface area contributed by atoms with Crippen LogP contribution in [0.2, 0.25) is 0 Å². The molecule has 0 aromatic heterocycles. The van der Waals surface area contributed by atoms with Crippen LogP contribution in [0.3, 0.4) is 0 Å². The standard InChI is InChI=1S/C11H13N3O4S/c12-6-8-14(7-5-11(15)16)9-1-3-10(4-2-9)19(13,17)18/h1-4H,5,7-8H2,(H,15,16)(H2,13,17,18). The lowest BCUT2D eigenvalue weighted by Gasteiger charge is -2.20. The first-order chi connectivity index (χ1) is 8.84. The Morgan fingerprint density at radius 1 is 1.37 bits per heavy atom. The molecule has 0 unspecified atom stereocenters. The molecule has 0 aliphatic carbocycles. The number of nitriles is 1. The van der Waals surface area contributed by atoms with Gasteiger partial charge in [0.2, 0.25) is 10.0 Å². The second-order valence-electron chi connectivity index (χ2n) is 3.76. The summed E-state index contributed by atoms with van der Waals surface area (Å²) >= 11 is 0. The number of primary sulfonamides is 1. The molecule has 1 aromatic carbocycles. The molecule has 7 nitrogen and oxygen atoms in total. The Morgan fingerprint density at radius 3 is 2.37 bits per heavy atom. The van der Waals surface area contributed by atoms with Crippen molar-refractivity contribution >= 4 is 21.7 Å². The molecule has 0 radical (unpaired) electrons. The molecule has 102 valence electrons. The Morgan fingerprint density at radius 2 is 1.95 bits per heavy atom. The molecule has 0 aliphatic heterocycles. The van der Waals surface area contributed by atoms with Crippen molar-refractivity contribution in [1.82, 2.24) is 0 Å². The Kier molecular flexibility index (Phi) is 4.86. The molecule has 0 saturated carbocycles. The van der Waals surface area contributed by atoms with Gasteiger partial charge in [-0.1, -0.05) is 0 Å². The van der Waals surface area contributed by atoms with E-state index in [4.69, 9.17) is 15.5 Å². The summed E-state index contributed by atoms with van der Waals surface area (Å²) in [5, 5.41) is 22.3. The van der Waals surface area contributed by atoms with Crippen molar-refractivity contribution in [2.45, 2.75) is 11.3 Å². The fraction of sp³-hybridized carbons (Fsp3) is 0.273. The summed E-state index contributed by atoms with van der Waals surface area (Å²) in [6.45, 7) is 0.180. The first-order valence-corrected chi connectivity index (χ1v) is 6.86. The summed E-state index contributed by atoms with van der Waals surface area (Å²) in [7, 11) is -3.76. The Balaban J connectivity index is 2.92. The van der Waals surface area contributed by atoms with Gasteiger partial charge in [0.05, 0.1) is 17.4 Å². The minimum Gasteiger partial charge on any atom is -0.481 e. The van der Waals surface area contributed by atoms with Crippen LogP contribution in [0.15, 0.2) is 29.2 Å². The topological polar surface area (TPSA) is 124 Å². The average molecular weight is 283 g/mol. The Bertz CT molecular complexity index is 589. The van der Waals surface area contributed by atoms with E-state index in [2.05, 4.69) is 0 Å². The second kappa shape index (κ2) is 6.17. The molecule has 0 atom stereocenters. The van der Waals surface area contributed by atoms with E-state index in [0.29, 0.717) is 5.69 Å². The minimum absolute atomic E-state index is 0.0159. The molecule has 8 heteroatoms. The first kappa shape index (κ1) is 14.9. The van der Waals surface area contributed by atoms with E-state index in [-0.39, 0.29) is 24.4 Å². The van der Waals surface area contributed by atoms with E-state index >= 15 is 0 Å². The quantitative estimate of drug-likeness (QED) is 0.715. The van der Waals surface area contributed by atoms with Crippen LogP contribution in [0.25, 0.3) is 0 Å². The van der Waals surface area contributed by atoms with Gasteiger partial charge in [0, 0.05) is 12.2 Å². The van der Waals surface area contributed by atoms with E-state index in [9.17, 15) is 13.2 Å². The predicted molar refractivity (Wildman–Crippen MR) is 67.9 cm³/mol. The molecule has 0 spiro atoms. The van der Waals surface area contributed by atoms with Crippen LogP contribution >= 0.6 is 0 Å². The summed E-state index contributed by atoms with van der Waals surface area (Å²) in [6, 6.07) is 7.53. The van der Waals surface area contributed by atoms with Gasteiger partial charge in [-0.15, -0.1) is 0 Å². The van der Waals surface area contributed by atoms with Gasteiger partial charge in [0.25, 0.3) is 0 Å². The molecule has 0 heterocycles. The Labute approximate surface area is 110 Å². The van der Waals surface area contributed by atoms with Crippen LogP contribution in [0.4, 0.5) is 5.69 Å². The summed E-state index contributed by atoms with van der Waals surface area (Å²) < 4.78 is 22.2. The molecule has 19 heavy (non-hydrogen) atoms. The molecule has 1 aromatic rings. The molecule has 1 rings (SSSR count). The van der Waals surface area contributed by atoms with Gasteiger partial charge in [0.15, 0.2) is 0 Å². The van der Waals surface area contributed by atoms with Gasteiger partial charge in [-0.25, -0.2) is 13.6 Å². The maximum Gasteiger partial charge on any atom is 0.305 e. The highest BCUT2D eigenvalue weighted by atomic mass is 32.2. The van der Waals surface area contributed by atoms with Crippen molar-refractivity contribution < 1.29 is 18.3 Å². The fourth-order valence-corrected chi connectivity index (χ4v) is 1.98. The van der Waals surface area contributed by atoms with E-state index in [0.717, 1.165) is 0 Å². The molecular formula is C11H13N3O4S. The molecule has 0 fully saturated rings. The van der Waals surface area contributed by atoms with Gasteiger partial charge in [-0.2, -0.15) is 5.26 Å².